The molecule has 1 aromatic carbocycles. The SMILES string of the molecule is CNCC(C)C(=O)NCCCOCc1ccc(OC)cc1.Cl. The summed E-state index contributed by atoms with van der Waals surface area (Å²) >= 11 is 0. The molecule has 0 heterocycles. The summed E-state index contributed by atoms with van der Waals surface area (Å²) in [4.78, 5) is 11.6. The third-order valence-electron chi connectivity index (χ3n) is 3.15. The lowest BCUT2D eigenvalue weighted by Crippen LogP contribution is -2.35. The highest BCUT2D eigenvalue weighted by Crippen LogP contribution is 2.11. The Labute approximate surface area is 139 Å². The Morgan fingerprint density at radius 3 is 2.55 bits per heavy atom. The Morgan fingerprint density at radius 2 is 1.95 bits per heavy atom. The topological polar surface area (TPSA) is 59.6 Å². The molecule has 0 spiro atoms. The van der Waals surface area contributed by atoms with Crippen LogP contribution in [0.25, 0.3) is 0 Å². The Balaban J connectivity index is 0.00000441. The van der Waals surface area contributed by atoms with Crippen LogP contribution >= 0.6 is 12.4 Å². The molecule has 1 unspecified atom stereocenters. The van der Waals surface area contributed by atoms with Crippen LogP contribution in [0.5, 0.6) is 5.75 Å². The number of ether oxygens (including phenoxy) is 2. The first-order chi connectivity index (χ1) is 10.2. The maximum atomic E-state index is 11.6. The van der Waals surface area contributed by atoms with Gasteiger partial charge in [-0.05, 0) is 31.2 Å². The predicted octanol–water partition coefficient (Wildman–Crippen LogP) is 2.00. The predicted molar refractivity (Wildman–Crippen MR) is 90.6 cm³/mol. The van der Waals surface area contributed by atoms with Crippen molar-refractivity contribution in [2.24, 2.45) is 5.92 Å². The lowest BCUT2D eigenvalue weighted by atomic mass is 10.1. The second-order valence-electron chi connectivity index (χ2n) is 5.00. The highest BCUT2D eigenvalue weighted by Gasteiger charge is 2.10. The molecule has 0 aliphatic heterocycles. The zero-order valence-corrected chi connectivity index (χ0v) is 14.4. The van der Waals surface area contributed by atoms with Crippen LogP contribution in [0.1, 0.15) is 18.9 Å². The van der Waals surface area contributed by atoms with Crippen LogP contribution in [-0.4, -0.2) is 39.8 Å². The van der Waals surface area contributed by atoms with Crippen molar-refractivity contribution in [2.45, 2.75) is 20.0 Å². The minimum absolute atomic E-state index is 0. The number of amides is 1. The van der Waals surface area contributed by atoms with Crippen LogP contribution in [0, 0.1) is 5.92 Å². The second-order valence-corrected chi connectivity index (χ2v) is 5.00. The molecular formula is C16H27ClN2O3. The molecule has 22 heavy (non-hydrogen) atoms. The smallest absolute Gasteiger partial charge is 0.224 e. The van der Waals surface area contributed by atoms with Crippen LogP contribution in [-0.2, 0) is 16.1 Å². The molecule has 1 atom stereocenters. The van der Waals surface area contributed by atoms with Gasteiger partial charge in [0.25, 0.3) is 0 Å². The number of benzene rings is 1. The summed E-state index contributed by atoms with van der Waals surface area (Å²) in [6.07, 6.45) is 0.814. The van der Waals surface area contributed by atoms with Gasteiger partial charge in [-0.2, -0.15) is 0 Å². The van der Waals surface area contributed by atoms with E-state index in [-0.39, 0.29) is 24.2 Å². The largest absolute Gasteiger partial charge is 0.497 e. The van der Waals surface area contributed by atoms with E-state index in [0.29, 0.717) is 26.3 Å². The van der Waals surface area contributed by atoms with E-state index in [2.05, 4.69) is 10.6 Å². The van der Waals surface area contributed by atoms with Gasteiger partial charge < -0.3 is 20.1 Å². The Kier molecular flexibility index (Phi) is 11.5. The lowest BCUT2D eigenvalue weighted by Gasteiger charge is -2.11. The molecule has 0 aromatic heterocycles. The van der Waals surface area contributed by atoms with Gasteiger partial charge in [0, 0.05) is 25.6 Å². The molecule has 2 N–H and O–H groups in total. The number of nitrogens with one attached hydrogen (secondary N) is 2. The molecule has 1 rings (SSSR count). The summed E-state index contributed by atoms with van der Waals surface area (Å²) in [6.45, 7) is 4.46. The highest BCUT2D eigenvalue weighted by molar-refractivity contribution is 5.85. The van der Waals surface area contributed by atoms with Gasteiger partial charge in [0.15, 0.2) is 0 Å². The number of hydrogen-bond donors (Lipinski definition) is 2. The van der Waals surface area contributed by atoms with Gasteiger partial charge in [0.2, 0.25) is 5.91 Å². The average molecular weight is 331 g/mol. The number of halogens is 1. The summed E-state index contributed by atoms with van der Waals surface area (Å²) in [5, 5.41) is 5.90. The quantitative estimate of drug-likeness (QED) is 0.644. The van der Waals surface area contributed by atoms with Crippen molar-refractivity contribution in [1.29, 1.82) is 0 Å². The van der Waals surface area contributed by atoms with E-state index < -0.39 is 0 Å². The Morgan fingerprint density at radius 1 is 1.27 bits per heavy atom. The molecular weight excluding hydrogens is 304 g/mol. The third-order valence-corrected chi connectivity index (χ3v) is 3.15. The van der Waals surface area contributed by atoms with Gasteiger partial charge in [0.1, 0.15) is 5.75 Å². The average Bonchev–Trinajstić information content (AvgIpc) is 2.51. The molecule has 1 aromatic rings. The van der Waals surface area contributed by atoms with Crippen molar-refractivity contribution in [1.82, 2.24) is 10.6 Å². The zero-order valence-electron chi connectivity index (χ0n) is 13.6. The Hall–Kier alpha value is -1.30. The van der Waals surface area contributed by atoms with E-state index in [1.54, 1.807) is 7.11 Å². The molecule has 0 saturated heterocycles. The maximum absolute atomic E-state index is 11.6. The minimum Gasteiger partial charge on any atom is -0.497 e. The zero-order chi connectivity index (χ0) is 15.5. The Bertz CT molecular complexity index is 412. The first kappa shape index (κ1) is 20.7. The number of carbonyl (C=O) groups is 1. The van der Waals surface area contributed by atoms with Crippen molar-refractivity contribution in [2.75, 3.05) is 33.9 Å². The third kappa shape index (κ3) is 8.22. The number of methoxy groups -OCH3 is 1. The van der Waals surface area contributed by atoms with E-state index in [0.717, 1.165) is 17.7 Å². The van der Waals surface area contributed by atoms with Gasteiger partial charge in [-0.1, -0.05) is 19.1 Å². The van der Waals surface area contributed by atoms with Crippen molar-refractivity contribution < 1.29 is 14.3 Å². The number of rotatable bonds is 10. The van der Waals surface area contributed by atoms with Crippen LogP contribution in [0.2, 0.25) is 0 Å². The van der Waals surface area contributed by atoms with Crippen molar-refractivity contribution in [3.8, 4) is 5.75 Å². The molecule has 0 aliphatic carbocycles. The fraction of sp³-hybridized carbons (Fsp3) is 0.562. The van der Waals surface area contributed by atoms with Crippen molar-refractivity contribution in [3.05, 3.63) is 29.8 Å². The van der Waals surface area contributed by atoms with E-state index in [4.69, 9.17) is 9.47 Å². The molecule has 126 valence electrons. The van der Waals surface area contributed by atoms with E-state index in [1.165, 1.54) is 0 Å². The molecule has 0 saturated carbocycles. The van der Waals surface area contributed by atoms with Gasteiger partial charge >= 0.3 is 0 Å². The van der Waals surface area contributed by atoms with E-state index in [1.807, 2.05) is 38.2 Å². The summed E-state index contributed by atoms with van der Waals surface area (Å²) in [5.41, 5.74) is 1.11. The summed E-state index contributed by atoms with van der Waals surface area (Å²) in [6, 6.07) is 7.81. The standard InChI is InChI=1S/C16H26N2O3.ClH/c1-13(11-17-2)16(19)18-9-4-10-21-12-14-5-7-15(20-3)8-6-14;/h5-8,13,17H,4,9-12H2,1-3H3,(H,18,19);1H. The van der Waals surface area contributed by atoms with Crippen LogP contribution in [0.15, 0.2) is 24.3 Å². The molecule has 0 aliphatic rings. The molecule has 6 heteroatoms. The van der Waals surface area contributed by atoms with Gasteiger partial charge in [-0.3, -0.25) is 4.79 Å². The molecule has 0 bridgehead atoms. The van der Waals surface area contributed by atoms with E-state index >= 15 is 0 Å². The molecule has 5 nitrogen and oxygen atoms in total. The van der Waals surface area contributed by atoms with Crippen LogP contribution in [0.3, 0.4) is 0 Å². The second kappa shape index (κ2) is 12.3. The minimum atomic E-state index is -0.00443. The fourth-order valence-corrected chi connectivity index (χ4v) is 1.87. The van der Waals surface area contributed by atoms with Gasteiger partial charge in [-0.15, -0.1) is 12.4 Å². The van der Waals surface area contributed by atoms with Gasteiger partial charge in [-0.25, -0.2) is 0 Å². The normalized spacial score (nSPS) is 11.4. The van der Waals surface area contributed by atoms with E-state index in [9.17, 15) is 4.79 Å². The first-order valence-electron chi connectivity index (χ1n) is 7.30. The summed E-state index contributed by atoms with van der Waals surface area (Å²) in [7, 11) is 3.49. The maximum Gasteiger partial charge on any atom is 0.224 e. The number of hydrogen-bond acceptors (Lipinski definition) is 4. The van der Waals surface area contributed by atoms with Gasteiger partial charge in [0.05, 0.1) is 13.7 Å². The molecule has 0 radical (unpaired) electrons. The molecule has 0 fully saturated rings. The van der Waals surface area contributed by atoms with Crippen LogP contribution < -0.4 is 15.4 Å². The van der Waals surface area contributed by atoms with Crippen molar-refractivity contribution >= 4 is 18.3 Å². The monoisotopic (exact) mass is 330 g/mol. The van der Waals surface area contributed by atoms with Crippen LogP contribution in [0.4, 0.5) is 0 Å². The molecule has 1 amide bonds. The lowest BCUT2D eigenvalue weighted by molar-refractivity contribution is -0.124. The number of carbonyl (C=O) groups excluding carboxylic acids is 1. The van der Waals surface area contributed by atoms with Crippen molar-refractivity contribution in [3.63, 3.8) is 0 Å². The highest BCUT2D eigenvalue weighted by atomic mass is 35.5. The fourth-order valence-electron chi connectivity index (χ4n) is 1.87. The summed E-state index contributed by atoms with van der Waals surface area (Å²) < 4.78 is 10.7. The summed E-state index contributed by atoms with van der Waals surface area (Å²) in [5.74, 6) is 0.923. The first-order valence-corrected chi connectivity index (χ1v) is 7.30.